The number of hydrazine groups is 1. The summed E-state index contributed by atoms with van der Waals surface area (Å²) in [6.07, 6.45) is 3.83. The lowest BCUT2D eigenvalue weighted by Gasteiger charge is -2.29. The summed E-state index contributed by atoms with van der Waals surface area (Å²) in [6, 6.07) is 3.77. The Kier molecular flexibility index (Phi) is 4.12. The predicted octanol–water partition coefficient (Wildman–Crippen LogP) is 1.67. The molecule has 88 valence electrons. The maximum atomic E-state index is 5.81. The third-order valence-electron chi connectivity index (χ3n) is 2.92. The fourth-order valence-corrected chi connectivity index (χ4v) is 2.17. The van der Waals surface area contributed by atoms with Crippen LogP contribution in [0.2, 0.25) is 5.02 Å². The summed E-state index contributed by atoms with van der Waals surface area (Å²) in [4.78, 5) is 4.29. The number of hydrogen-bond donors (Lipinski definition) is 2. The minimum absolute atomic E-state index is 0.0394. The Morgan fingerprint density at radius 2 is 2.44 bits per heavy atom. The maximum absolute atomic E-state index is 5.81. The zero-order valence-corrected chi connectivity index (χ0v) is 9.78. The number of rotatable bonds is 3. The number of pyridine rings is 1. The average molecular weight is 242 g/mol. The van der Waals surface area contributed by atoms with Gasteiger partial charge in [-0.25, -0.2) is 0 Å². The molecule has 2 atom stereocenters. The Bertz CT molecular complexity index is 325. The average Bonchev–Trinajstić information content (AvgIpc) is 2.34. The lowest BCUT2D eigenvalue weighted by molar-refractivity contribution is 0.0384. The molecular formula is C11H16ClN3O. The van der Waals surface area contributed by atoms with Crippen LogP contribution in [-0.4, -0.2) is 18.2 Å². The lowest BCUT2D eigenvalue weighted by atomic mass is 9.92. The topological polar surface area (TPSA) is 60.2 Å². The molecule has 3 N–H and O–H groups in total. The zero-order chi connectivity index (χ0) is 11.4. The van der Waals surface area contributed by atoms with Gasteiger partial charge < -0.3 is 4.74 Å². The molecule has 2 rings (SSSR count). The van der Waals surface area contributed by atoms with E-state index in [0.717, 1.165) is 31.7 Å². The van der Waals surface area contributed by atoms with Crippen LogP contribution in [-0.2, 0) is 4.74 Å². The van der Waals surface area contributed by atoms with Crippen molar-refractivity contribution in [2.75, 3.05) is 13.2 Å². The SMILES string of the molecule is NNC(c1ccc(Cl)cn1)C1CCCOC1. The monoisotopic (exact) mass is 241 g/mol. The fourth-order valence-electron chi connectivity index (χ4n) is 2.06. The minimum atomic E-state index is 0.0394. The number of halogens is 1. The number of aromatic nitrogens is 1. The third-order valence-corrected chi connectivity index (χ3v) is 3.14. The van der Waals surface area contributed by atoms with Crippen LogP contribution in [0.25, 0.3) is 0 Å². The van der Waals surface area contributed by atoms with Crippen molar-refractivity contribution in [2.45, 2.75) is 18.9 Å². The molecule has 0 amide bonds. The lowest BCUT2D eigenvalue weighted by Crippen LogP contribution is -2.37. The first-order valence-electron chi connectivity index (χ1n) is 5.46. The van der Waals surface area contributed by atoms with Gasteiger partial charge in [0.1, 0.15) is 0 Å². The van der Waals surface area contributed by atoms with E-state index < -0.39 is 0 Å². The summed E-state index contributed by atoms with van der Waals surface area (Å²) < 4.78 is 5.46. The maximum Gasteiger partial charge on any atom is 0.0682 e. The highest BCUT2D eigenvalue weighted by Crippen LogP contribution is 2.27. The number of nitrogens with one attached hydrogen (secondary N) is 1. The van der Waals surface area contributed by atoms with Gasteiger partial charge in [-0.1, -0.05) is 11.6 Å². The van der Waals surface area contributed by atoms with Crippen molar-refractivity contribution in [3.63, 3.8) is 0 Å². The third kappa shape index (κ3) is 2.71. The van der Waals surface area contributed by atoms with Crippen LogP contribution >= 0.6 is 11.6 Å². The van der Waals surface area contributed by atoms with E-state index in [4.69, 9.17) is 22.2 Å². The molecule has 1 fully saturated rings. The van der Waals surface area contributed by atoms with Crippen LogP contribution < -0.4 is 11.3 Å². The van der Waals surface area contributed by atoms with E-state index in [1.807, 2.05) is 12.1 Å². The van der Waals surface area contributed by atoms with Crippen molar-refractivity contribution in [1.29, 1.82) is 0 Å². The summed E-state index contributed by atoms with van der Waals surface area (Å²) in [5, 5.41) is 0.638. The molecule has 1 aliphatic rings. The fraction of sp³-hybridized carbons (Fsp3) is 0.545. The van der Waals surface area contributed by atoms with Crippen molar-refractivity contribution in [1.82, 2.24) is 10.4 Å². The van der Waals surface area contributed by atoms with E-state index in [0.29, 0.717) is 10.9 Å². The summed E-state index contributed by atoms with van der Waals surface area (Å²) in [6.45, 7) is 1.58. The van der Waals surface area contributed by atoms with Gasteiger partial charge in [0.15, 0.2) is 0 Å². The highest BCUT2D eigenvalue weighted by molar-refractivity contribution is 6.30. The van der Waals surface area contributed by atoms with Crippen molar-refractivity contribution in [3.8, 4) is 0 Å². The largest absolute Gasteiger partial charge is 0.381 e. The normalized spacial score (nSPS) is 23.0. The highest BCUT2D eigenvalue weighted by atomic mass is 35.5. The Labute approximate surface area is 100 Å². The molecule has 1 aromatic heterocycles. The van der Waals surface area contributed by atoms with Crippen LogP contribution in [0.3, 0.4) is 0 Å². The van der Waals surface area contributed by atoms with Gasteiger partial charge in [-0.2, -0.15) is 0 Å². The first-order valence-corrected chi connectivity index (χ1v) is 5.84. The molecule has 1 saturated heterocycles. The van der Waals surface area contributed by atoms with Gasteiger partial charge in [0.05, 0.1) is 23.4 Å². The number of nitrogens with two attached hydrogens (primary N) is 1. The van der Waals surface area contributed by atoms with E-state index in [9.17, 15) is 0 Å². The quantitative estimate of drug-likeness (QED) is 0.624. The van der Waals surface area contributed by atoms with Gasteiger partial charge in [-0.05, 0) is 25.0 Å². The van der Waals surface area contributed by atoms with Gasteiger partial charge in [-0.3, -0.25) is 16.3 Å². The first kappa shape index (κ1) is 11.8. The van der Waals surface area contributed by atoms with E-state index in [-0.39, 0.29) is 6.04 Å². The molecule has 4 nitrogen and oxygen atoms in total. The van der Waals surface area contributed by atoms with Crippen LogP contribution in [0.4, 0.5) is 0 Å². The zero-order valence-electron chi connectivity index (χ0n) is 9.03. The van der Waals surface area contributed by atoms with Crippen molar-refractivity contribution in [2.24, 2.45) is 11.8 Å². The Morgan fingerprint density at radius 1 is 1.56 bits per heavy atom. The van der Waals surface area contributed by atoms with Crippen molar-refractivity contribution in [3.05, 3.63) is 29.0 Å². The molecule has 0 bridgehead atoms. The van der Waals surface area contributed by atoms with Crippen molar-refractivity contribution >= 4 is 11.6 Å². The molecule has 1 aliphatic heterocycles. The second-order valence-corrected chi connectivity index (χ2v) is 4.46. The van der Waals surface area contributed by atoms with Crippen LogP contribution in [0, 0.1) is 5.92 Å². The van der Waals surface area contributed by atoms with Gasteiger partial charge in [0.25, 0.3) is 0 Å². The van der Waals surface area contributed by atoms with Gasteiger partial charge >= 0.3 is 0 Å². The molecule has 1 aromatic rings. The van der Waals surface area contributed by atoms with Crippen molar-refractivity contribution < 1.29 is 4.74 Å². The number of ether oxygens (including phenoxy) is 1. The Balaban J connectivity index is 2.11. The molecule has 0 aliphatic carbocycles. The molecular weight excluding hydrogens is 226 g/mol. The molecule has 2 heterocycles. The Hall–Kier alpha value is -0.680. The van der Waals surface area contributed by atoms with Crippen LogP contribution in [0.5, 0.6) is 0 Å². The second-order valence-electron chi connectivity index (χ2n) is 4.02. The standard InChI is InChI=1S/C11H16ClN3O/c12-9-3-4-10(14-6-9)11(15-13)8-2-1-5-16-7-8/h3-4,6,8,11,15H,1-2,5,7,13H2. The number of nitrogens with zero attached hydrogens (tertiary/aromatic N) is 1. The predicted molar refractivity (Wildman–Crippen MR) is 62.9 cm³/mol. The summed E-state index contributed by atoms with van der Waals surface area (Å²) >= 11 is 5.81. The minimum Gasteiger partial charge on any atom is -0.381 e. The molecule has 2 unspecified atom stereocenters. The van der Waals surface area contributed by atoms with Gasteiger partial charge in [0.2, 0.25) is 0 Å². The molecule has 0 saturated carbocycles. The van der Waals surface area contributed by atoms with Crippen LogP contribution in [0.1, 0.15) is 24.6 Å². The Morgan fingerprint density at radius 3 is 3.00 bits per heavy atom. The van der Waals surface area contributed by atoms with E-state index in [2.05, 4.69) is 10.4 Å². The van der Waals surface area contributed by atoms with E-state index in [1.54, 1.807) is 6.20 Å². The highest BCUT2D eigenvalue weighted by Gasteiger charge is 2.25. The molecule has 0 spiro atoms. The summed E-state index contributed by atoms with van der Waals surface area (Å²) in [5.41, 5.74) is 3.74. The van der Waals surface area contributed by atoms with E-state index in [1.165, 1.54) is 0 Å². The summed E-state index contributed by atoms with van der Waals surface area (Å²) in [5.74, 6) is 5.98. The molecule has 16 heavy (non-hydrogen) atoms. The van der Waals surface area contributed by atoms with Gasteiger partial charge in [0, 0.05) is 18.7 Å². The molecule has 0 radical (unpaired) electrons. The van der Waals surface area contributed by atoms with Crippen LogP contribution in [0.15, 0.2) is 18.3 Å². The van der Waals surface area contributed by atoms with Gasteiger partial charge in [-0.15, -0.1) is 0 Å². The van der Waals surface area contributed by atoms with E-state index >= 15 is 0 Å². The first-order chi connectivity index (χ1) is 7.81. The second kappa shape index (κ2) is 5.59. The smallest absolute Gasteiger partial charge is 0.0682 e. The molecule has 0 aromatic carbocycles. The molecule has 5 heteroatoms. The summed E-state index contributed by atoms with van der Waals surface area (Å²) in [7, 11) is 0. The number of hydrogen-bond acceptors (Lipinski definition) is 4.